The molecule has 0 unspecified atom stereocenters. The van der Waals surface area contributed by atoms with E-state index in [0.717, 1.165) is 45.2 Å². The largest absolute Gasteiger partial charge is 0.387 e. The van der Waals surface area contributed by atoms with Gasteiger partial charge in [-0.05, 0) is 66.7 Å². The molecule has 3 aromatic carbocycles. The SMILES string of the molecule is CCCCCN(CCCCC)[C@H](C)[C@@H](O)c1ccc2cc(Cl)c3ccccc3c2c1. The third-order valence-corrected chi connectivity index (χ3v) is 6.62. The second-order valence-electron chi connectivity index (χ2n) is 8.52. The third-order valence-electron chi connectivity index (χ3n) is 6.31. The summed E-state index contributed by atoms with van der Waals surface area (Å²) in [5.41, 5.74) is 0.985. The van der Waals surface area contributed by atoms with Crippen LogP contribution in [0.2, 0.25) is 5.02 Å². The van der Waals surface area contributed by atoms with Gasteiger partial charge in [-0.25, -0.2) is 0 Å². The first-order valence-corrected chi connectivity index (χ1v) is 12.0. The number of rotatable bonds is 11. The van der Waals surface area contributed by atoms with Crippen molar-refractivity contribution in [3.05, 3.63) is 59.1 Å². The highest BCUT2D eigenvalue weighted by Crippen LogP contribution is 2.34. The van der Waals surface area contributed by atoms with Gasteiger partial charge in [-0.3, -0.25) is 4.90 Å². The quantitative estimate of drug-likeness (QED) is 0.250. The Balaban J connectivity index is 1.88. The topological polar surface area (TPSA) is 23.5 Å². The highest BCUT2D eigenvalue weighted by Gasteiger charge is 2.23. The maximum absolute atomic E-state index is 11.3. The second-order valence-corrected chi connectivity index (χ2v) is 8.93. The molecule has 0 saturated heterocycles. The van der Waals surface area contributed by atoms with Crippen molar-refractivity contribution in [3.8, 4) is 0 Å². The fraction of sp³-hybridized carbons (Fsp3) is 0.481. The monoisotopic (exact) mass is 425 g/mol. The molecule has 0 spiro atoms. The summed E-state index contributed by atoms with van der Waals surface area (Å²) in [6, 6.07) is 16.7. The van der Waals surface area contributed by atoms with E-state index in [1.807, 2.05) is 18.2 Å². The van der Waals surface area contributed by atoms with E-state index in [1.54, 1.807) is 0 Å². The second kappa shape index (κ2) is 11.1. The molecule has 2 atom stereocenters. The van der Waals surface area contributed by atoms with Crippen LogP contribution in [0.3, 0.4) is 0 Å². The van der Waals surface area contributed by atoms with E-state index in [2.05, 4.69) is 56.0 Å². The zero-order valence-electron chi connectivity index (χ0n) is 18.7. The van der Waals surface area contributed by atoms with Crippen molar-refractivity contribution in [2.45, 2.75) is 71.4 Å². The molecular formula is C27H36ClNO. The summed E-state index contributed by atoms with van der Waals surface area (Å²) in [5, 5.41) is 16.5. The van der Waals surface area contributed by atoms with Crippen LogP contribution in [0.5, 0.6) is 0 Å². The van der Waals surface area contributed by atoms with Gasteiger partial charge >= 0.3 is 0 Å². The lowest BCUT2D eigenvalue weighted by atomic mass is 9.95. The lowest BCUT2D eigenvalue weighted by Crippen LogP contribution is -2.39. The van der Waals surface area contributed by atoms with Gasteiger partial charge in [0.2, 0.25) is 0 Å². The fourth-order valence-corrected chi connectivity index (χ4v) is 4.67. The van der Waals surface area contributed by atoms with E-state index < -0.39 is 6.10 Å². The maximum atomic E-state index is 11.3. The average molecular weight is 426 g/mol. The van der Waals surface area contributed by atoms with Crippen molar-refractivity contribution in [1.82, 2.24) is 4.90 Å². The first kappa shape index (κ1) is 23.1. The third kappa shape index (κ3) is 5.35. The molecule has 162 valence electrons. The summed E-state index contributed by atoms with van der Waals surface area (Å²) in [4.78, 5) is 2.49. The molecule has 30 heavy (non-hydrogen) atoms. The molecule has 0 aliphatic heterocycles. The van der Waals surface area contributed by atoms with Crippen LogP contribution < -0.4 is 0 Å². The Labute approximate surface area is 186 Å². The Morgan fingerprint density at radius 3 is 2.10 bits per heavy atom. The molecule has 0 heterocycles. The highest BCUT2D eigenvalue weighted by molar-refractivity contribution is 6.37. The fourth-order valence-electron chi connectivity index (χ4n) is 4.38. The molecule has 0 bridgehead atoms. The van der Waals surface area contributed by atoms with Crippen molar-refractivity contribution in [2.75, 3.05) is 13.1 Å². The molecule has 3 rings (SSSR count). The number of fused-ring (bicyclic) bond motifs is 3. The molecule has 1 N–H and O–H groups in total. The van der Waals surface area contributed by atoms with Crippen molar-refractivity contribution in [2.24, 2.45) is 0 Å². The van der Waals surface area contributed by atoms with Crippen LogP contribution in [-0.4, -0.2) is 29.1 Å². The van der Waals surface area contributed by atoms with E-state index in [9.17, 15) is 5.11 Å². The van der Waals surface area contributed by atoms with Gasteiger partial charge in [0.05, 0.1) is 6.10 Å². The number of halogens is 1. The standard InChI is InChI=1S/C27H36ClNO/c1-4-6-10-16-29(17-11-7-5-2)20(3)27(30)22-15-14-21-19-26(28)24-13-9-8-12-23(24)25(21)18-22/h8-9,12-15,18-20,27,30H,4-7,10-11,16-17H2,1-3H3/t20-,27-/m1/s1. The predicted molar refractivity (Wildman–Crippen MR) is 132 cm³/mol. The molecule has 0 radical (unpaired) electrons. The molecule has 0 amide bonds. The van der Waals surface area contributed by atoms with Crippen LogP contribution >= 0.6 is 11.6 Å². The van der Waals surface area contributed by atoms with Crippen molar-refractivity contribution in [3.63, 3.8) is 0 Å². The average Bonchev–Trinajstić information content (AvgIpc) is 2.77. The van der Waals surface area contributed by atoms with Gasteiger partial charge in [0.1, 0.15) is 0 Å². The predicted octanol–water partition coefficient (Wildman–Crippen LogP) is 7.75. The lowest BCUT2D eigenvalue weighted by molar-refractivity contribution is 0.0556. The zero-order valence-corrected chi connectivity index (χ0v) is 19.5. The number of hydrogen-bond donors (Lipinski definition) is 1. The van der Waals surface area contributed by atoms with E-state index >= 15 is 0 Å². The van der Waals surface area contributed by atoms with Gasteiger partial charge in [-0.2, -0.15) is 0 Å². The smallest absolute Gasteiger partial charge is 0.0942 e. The van der Waals surface area contributed by atoms with Crippen LogP contribution in [0.4, 0.5) is 0 Å². The van der Waals surface area contributed by atoms with Gasteiger partial charge in [0.15, 0.2) is 0 Å². The minimum atomic E-state index is -0.507. The number of benzene rings is 3. The molecule has 0 saturated carbocycles. The molecule has 2 nitrogen and oxygen atoms in total. The number of hydrogen-bond acceptors (Lipinski definition) is 2. The van der Waals surface area contributed by atoms with Gasteiger partial charge in [0.25, 0.3) is 0 Å². The zero-order chi connectivity index (χ0) is 21.5. The van der Waals surface area contributed by atoms with Gasteiger partial charge in [-0.1, -0.05) is 87.5 Å². The maximum Gasteiger partial charge on any atom is 0.0942 e. The summed E-state index contributed by atoms with van der Waals surface area (Å²) in [7, 11) is 0. The van der Waals surface area contributed by atoms with Gasteiger partial charge < -0.3 is 5.11 Å². The van der Waals surface area contributed by atoms with Crippen LogP contribution in [0, 0.1) is 0 Å². The molecule has 0 aliphatic rings. The molecule has 0 fully saturated rings. The van der Waals surface area contributed by atoms with Crippen molar-refractivity contribution < 1.29 is 5.11 Å². The van der Waals surface area contributed by atoms with E-state index in [0.29, 0.717) is 0 Å². The molecule has 3 aromatic rings. The summed E-state index contributed by atoms with van der Waals surface area (Å²) in [5.74, 6) is 0. The van der Waals surface area contributed by atoms with E-state index in [4.69, 9.17) is 11.6 Å². The van der Waals surface area contributed by atoms with Crippen molar-refractivity contribution in [1.29, 1.82) is 0 Å². The Bertz CT molecular complexity index is 944. The summed E-state index contributed by atoms with van der Waals surface area (Å²) in [6.45, 7) is 8.77. The van der Waals surface area contributed by atoms with Crippen LogP contribution in [0.25, 0.3) is 21.5 Å². The summed E-state index contributed by atoms with van der Waals surface area (Å²) < 4.78 is 0. The summed E-state index contributed by atoms with van der Waals surface area (Å²) in [6.07, 6.45) is 6.82. The molecule has 0 aromatic heterocycles. The van der Waals surface area contributed by atoms with E-state index in [-0.39, 0.29) is 6.04 Å². The molecular weight excluding hydrogens is 390 g/mol. The summed E-state index contributed by atoms with van der Waals surface area (Å²) >= 11 is 6.50. The Morgan fingerprint density at radius 2 is 1.47 bits per heavy atom. The van der Waals surface area contributed by atoms with Crippen molar-refractivity contribution >= 4 is 33.1 Å². The van der Waals surface area contributed by atoms with Gasteiger partial charge in [0, 0.05) is 16.5 Å². The van der Waals surface area contributed by atoms with Crippen LogP contribution in [0.1, 0.15) is 71.0 Å². The lowest BCUT2D eigenvalue weighted by Gasteiger charge is -2.33. The Kier molecular flexibility index (Phi) is 8.56. The number of nitrogens with zero attached hydrogens (tertiary/aromatic N) is 1. The van der Waals surface area contributed by atoms with E-state index in [1.165, 1.54) is 38.5 Å². The Morgan fingerprint density at radius 1 is 0.833 bits per heavy atom. The van der Waals surface area contributed by atoms with Gasteiger partial charge in [-0.15, -0.1) is 0 Å². The van der Waals surface area contributed by atoms with Crippen LogP contribution in [-0.2, 0) is 0 Å². The number of unbranched alkanes of at least 4 members (excludes halogenated alkanes) is 4. The number of aliphatic hydroxyl groups excluding tert-OH is 1. The number of aliphatic hydroxyl groups is 1. The highest BCUT2D eigenvalue weighted by atomic mass is 35.5. The molecule has 0 aliphatic carbocycles. The van der Waals surface area contributed by atoms with Crippen LogP contribution in [0.15, 0.2) is 48.5 Å². The minimum Gasteiger partial charge on any atom is -0.387 e. The normalized spacial score (nSPS) is 13.9. The molecule has 3 heteroatoms. The minimum absolute atomic E-state index is 0.0923. The first-order valence-electron chi connectivity index (χ1n) is 11.6. The first-order chi connectivity index (χ1) is 14.6. The Hall–Kier alpha value is -1.61.